The monoisotopic (exact) mass is 372 g/mol. The largest absolute Gasteiger partial charge is 1.00 e. The summed E-state index contributed by atoms with van der Waals surface area (Å²) in [6.07, 6.45) is 13.8. The van der Waals surface area contributed by atoms with Gasteiger partial charge in [-0.3, -0.25) is 0 Å². The van der Waals surface area contributed by atoms with Gasteiger partial charge in [-0.05, 0) is 32.1 Å². The zero-order valence-corrected chi connectivity index (χ0v) is 19.0. The van der Waals surface area contributed by atoms with Crippen molar-refractivity contribution in [3.8, 4) is 0 Å². The molecule has 0 aliphatic heterocycles. The smallest absolute Gasteiger partial charge is 0.748 e. The van der Waals surface area contributed by atoms with E-state index in [1.807, 2.05) is 0 Å². The average molecular weight is 373 g/mol. The van der Waals surface area contributed by atoms with Crippen LogP contribution >= 0.6 is 0 Å². The van der Waals surface area contributed by atoms with Crippen molar-refractivity contribution < 1.29 is 47.6 Å². The molecule has 0 aromatic heterocycles. The van der Waals surface area contributed by atoms with Crippen molar-refractivity contribution >= 4 is 10.1 Å². The predicted octanol–water partition coefficient (Wildman–Crippen LogP) is 1.77. The van der Waals surface area contributed by atoms with Crippen LogP contribution < -0.4 is 29.6 Å². The molecule has 0 aromatic rings. The number of hydrogen-bond donors (Lipinski definition) is 1. The van der Waals surface area contributed by atoms with Crippen molar-refractivity contribution in [2.75, 3.05) is 0 Å². The average Bonchev–Trinajstić information content (AvgIpc) is 2.48. The maximum absolute atomic E-state index is 11.0. The van der Waals surface area contributed by atoms with Crippen LogP contribution in [0.15, 0.2) is 0 Å². The number of aliphatic hydroxyl groups excluding tert-OH is 1. The third kappa shape index (κ3) is 16.3. The van der Waals surface area contributed by atoms with E-state index in [1.165, 1.54) is 44.9 Å². The Bertz CT molecular complexity index is 360. The molecule has 0 fully saturated rings. The summed E-state index contributed by atoms with van der Waals surface area (Å²) in [6, 6.07) is 0. The van der Waals surface area contributed by atoms with E-state index in [-0.39, 0.29) is 35.7 Å². The molecule has 0 bridgehead atoms. The molecule has 0 heterocycles. The Morgan fingerprint density at radius 3 is 1.71 bits per heavy atom. The molecule has 0 aromatic carbocycles. The molecule has 0 rings (SSSR count). The number of unbranched alkanes of at least 4 members (excludes halogenated alkanes) is 8. The second kappa shape index (κ2) is 17.3. The predicted molar refractivity (Wildman–Crippen MR) is 95.5 cm³/mol. The summed E-state index contributed by atoms with van der Waals surface area (Å²) in [5, 5.41) is 9.12. The molecule has 2 unspecified atom stereocenters. The van der Waals surface area contributed by atoms with Crippen LogP contribution in [0.1, 0.15) is 104 Å². The minimum Gasteiger partial charge on any atom is -0.748 e. The van der Waals surface area contributed by atoms with Crippen molar-refractivity contribution in [3.63, 3.8) is 0 Å². The molecule has 0 saturated carbocycles. The molecule has 0 saturated heterocycles. The molecule has 140 valence electrons. The van der Waals surface area contributed by atoms with E-state index in [1.54, 1.807) is 6.92 Å². The fourth-order valence-electron chi connectivity index (χ4n) is 2.97. The Morgan fingerprint density at radius 1 is 0.792 bits per heavy atom. The fourth-order valence-corrected chi connectivity index (χ4v) is 3.83. The van der Waals surface area contributed by atoms with E-state index < -0.39 is 15.4 Å². The van der Waals surface area contributed by atoms with Crippen molar-refractivity contribution in [3.05, 3.63) is 0 Å². The van der Waals surface area contributed by atoms with E-state index in [0.717, 1.165) is 19.3 Å². The van der Waals surface area contributed by atoms with Crippen molar-refractivity contribution in [2.45, 2.75) is 115 Å². The topological polar surface area (TPSA) is 77.4 Å². The van der Waals surface area contributed by atoms with E-state index in [4.69, 9.17) is 0 Å². The molecule has 1 N–H and O–H groups in total. The first-order valence-electron chi connectivity index (χ1n) is 9.54. The van der Waals surface area contributed by atoms with Crippen LogP contribution in [-0.2, 0) is 10.1 Å². The zero-order chi connectivity index (χ0) is 17.6. The molecule has 24 heavy (non-hydrogen) atoms. The van der Waals surface area contributed by atoms with Crippen LogP contribution in [0, 0.1) is 0 Å². The number of rotatable bonds is 16. The van der Waals surface area contributed by atoms with Crippen LogP contribution in [0.25, 0.3) is 0 Å². The maximum Gasteiger partial charge on any atom is 1.00 e. The molecule has 2 atom stereocenters. The summed E-state index contributed by atoms with van der Waals surface area (Å²) in [4.78, 5) is 0. The third-order valence-corrected chi connectivity index (χ3v) is 5.95. The summed E-state index contributed by atoms with van der Waals surface area (Å²) in [7, 11) is -4.18. The zero-order valence-electron chi connectivity index (χ0n) is 16.1. The Kier molecular flexibility index (Phi) is 19.5. The number of hydrogen-bond acceptors (Lipinski definition) is 4. The van der Waals surface area contributed by atoms with Gasteiger partial charge < -0.3 is 9.66 Å². The molecule has 0 spiro atoms. The van der Waals surface area contributed by atoms with E-state index in [2.05, 4.69) is 6.92 Å². The standard InChI is InChI=1S/C18H38O4S.Na/c1-3-5-6-7-8-9-10-11-12-14-17(19)15-13-16-18(4-2)23(20,21)22;/h17-19H,3-16H2,1-2H3,(H,20,21,22);/q;+1/p-1. The second-order valence-electron chi connectivity index (χ2n) is 6.72. The van der Waals surface area contributed by atoms with Crippen LogP contribution in [-0.4, -0.2) is 29.4 Å². The van der Waals surface area contributed by atoms with E-state index in [9.17, 15) is 18.1 Å². The van der Waals surface area contributed by atoms with Gasteiger partial charge in [0.05, 0.1) is 16.2 Å². The molecule has 6 heteroatoms. The van der Waals surface area contributed by atoms with Gasteiger partial charge in [0, 0.05) is 5.25 Å². The first-order valence-corrected chi connectivity index (χ1v) is 11.0. The first kappa shape index (κ1) is 27.1. The molecule has 0 amide bonds. The molecule has 0 aliphatic rings. The quantitative estimate of drug-likeness (QED) is 0.254. The minimum atomic E-state index is -4.18. The second-order valence-corrected chi connectivity index (χ2v) is 8.38. The molecular weight excluding hydrogens is 335 g/mol. The van der Waals surface area contributed by atoms with Crippen LogP contribution in [0.3, 0.4) is 0 Å². The van der Waals surface area contributed by atoms with Crippen molar-refractivity contribution in [1.29, 1.82) is 0 Å². The van der Waals surface area contributed by atoms with Gasteiger partial charge in [-0.1, -0.05) is 71.6 Å². The SMILES string of the molecule is CCCCCCCCCCCC(O)CCCC(CC)S(=O)(=O)[O-].[Na+]. The first-order chi connectivity index (χ1) is 10.9. The summed E-state index contributed by atoms with van der Waals surface area (Å²) in [5.74, 6) is 0. The fraction of sp³-hybridized carbons (Fsp3) is 1.00. The van der Waals surface area contributed by atoms with Crippen molar-refractivity contribution in [1.82, 2.24) is 0 Å². The minimum absolute atomic E-state index is 0. The van der Waals surface area contributed by atoms with Crippen LogP contribution in [0.5, 0.6) is 0 Å². The van der Waals surface area contributed by atoms with Gasteiger partial charge in [0.1, 0.15) is 0 Å². The van der Waals surface area contributed by atoms with Gasteiger partial charge in [-0.25, -0.2) is 8.42 Å². The van der Waals surface area contributed by atoms with Crippen LogP contribution in [0.4, 0.5) is 0 Å². The van der Waals surface area contributed by atoms with Gasteiger partial charge in [-0.2, -0.15) is 0 Å². The molecule has 0 radical (unpaired) electrons. The summed E-state index contributed by atoms with van der Waals surface area (Å²) in [5.41, 5.74) is 0. The Labute approximate surface area is 172 Å². The molecule has 4 nitrogen and oxygen atoms in total. The van der Waals surface area contributed by atoms with Gasteiger partial charge in [0.2, 0.25) is 0 Å². The summed E-state index contributed by atoms with van der Waals surface area (Å²) in [6.45, 7) is 3.95. The summed E-state index contributed by atoms with van der Waals surface area (Å²) >= 11 is 0. The summed E-state index contributed by atoms with van der Waals surface area (Å²) < 4.78 is 32.9. The van der Waals surface area contributed by atoms with E-state index in [0.29, 0.717) is 25.7 Å². The van der Waals surface area contributed by atoms with E-state index >= 15 is 0 Å². The molecular formula is C18H37NaO4S. The van der Waals surface area contributed by atoms with Gasteiger partial charge in [0.25, 0.3) is 0 Å². The third-order valence-electron chi connectivity index (χ3n) is 4.57. The van der Waals surface area contributed by atoms with Gasteiger partial charge in [0.15, 0.2) is 0 Å². The Hall–Kier alpha value is 0.870. The Morgan fingerprint density at radius 2 is 1.25 bits per heavy atom. The normalized spacial score (nSPS) is 14.2. The Balaban J connectivity index is 0. The molecule has 0 aliphatic carbocycles. The van der Waals surface area contributed by atoms with Gasteiger partial charge >= 0.3 is 29.6 Å². The van der Waals surface area contributed by atoms with Gasteiger partial charge in [-0.15, -0.1) is 0 Å². The maximum atomic E-state index is 11.0. The van der Waals surface area contributed by atoms with Crippen LogP contribution in [0.2, 0.25) is 0 Å². The van der Waals surface area contributed by atoms with Crippen molar-refractivity contribution in [2.24, 2.45) is 0 Å². The number of aliphatic hydroxyl groups is 1.